The van der Waals surface area contributed by atoms with Crippen LogP contribution in [0.25, 0.3) is 0 Å². The van der Waals surface area contributed by atoms with Crippen molar-refractivity contribution in [2.45, 2.75) is 32.1 Å². The van der Waals surface area contributed by atoms with Crippen molar-refractivity contribution in [1.29, 1.82) is 0 Å². The molecule has 6 nitrogen and oxygen atoms in total. The van der Waals surface area contributed by atoms with E-state index in [2.05, 4.69) is 5.32 Å². The summed E-state index contributed by atoms with van der Waals surface area (Å²) in [5, 5.41) is 11.0. The van der Waals surface area contributed by atoms with Crippen molar-refractivity contribution in [2.75, 3.05) is 6.54 Å². The van der Waals surface area contributed by atoms with Crippen LogP contribution in [0.2, 0.25) is 0 Å². The van der Waals surface area contributed by atoms with E-state index in [4.69, 9.17) is 17.3 Å². The van der Waals surface area contributed by atoms with Gasteiger partial charge < -0.3 is 10.4 Å². The smallest absolute Gasteiger partial charge is 0.303 e. The fourth-order valence-electron chi connectivity index (χ4n) is 1.53. The van der Waals surface area contributed by atoms with Crippen LogP contribution in [0.15, 0.2) is 0 Å². The summed E-state index contributed by atoms with van der Waals surface area (Å²) in [5.41, 5.74) is 0. The molecule has 1 rings (SSSR count). The highest BCUT2D eigenvalue weighted by atomic mass is 32.1. The maximum Gasteiger partial charge on any atom is 0.303 e. The first-order chi connectivity index (χ1) is 8.00. The maximum absolute atomic E-state index is 11.5. The molecule has 0 aromatic carbocycles. The number of hydrogen-bond donors (Lipinski definition) is 2. The summed E-state index contributed by atoms with van der Waals surface area (Å²) in [6.07, 6.45) is 1.93. The summed E-state index contributed by atoms with van der Waals surface area (Å²) >= 11 is 4.88. The van der Waals surface area contributed by atoms with Crippen LogP contribution < -0.4 is 5.32 Å². The van der Waals surface area contributed by atoms with E-state index in [1.54, 1.807) is 0 Å². The molecular formula is C10H14N2O4S. The van der Waals surface area contributed by atoms with Gasteiger partial charge in [-0.05, 0) is 25.1 Å². The number of hydrogen-bond acceptors (Lipinski definition) is 4. The number of carboxylic acid groups (broad SMARTS) is 1. The van der Waals surface area contributed by atoms with Gasteiger partial charge in [0.25, 0.3) is 0 Å². The minimum atomic E-state index is -0.818. The van der Waals surface area contributed by atoms with Gasteiger partial charge in [-0.2, -0.15) is 0 Å². The number of nitrogens with one attached hydrogen (secondary N) is 1. The molecule has 0 unspecified atom stereocenters. The Morgan fingerprint density at radius 2 is 2.06 bits per heavy atom. The van der Waals surface area contributed by atoms with E-state index in [0.29, 0.717) is 25.8 Å². The highest BCUT2D eigenvalue weighted by molar-refractivity contribution is 7.80. The van der Waals surface area contributed by atoms with Gasteiger partial charge in [-0.25, -0.2) is 0 Å². The number of carboxylic acids is 1. The largest absolute Gasteiger partial charge is 0.481 e. The monoisotopic (exact) mass is 258 g/mol. The lowest BCUT2D eigenvalue weighted by atomic mass is 10.2. The normalized spacial score (nSPS) is 16.0. The zero-order chi connectivity index (χ0) is 12.8. The Morgan fingerprint density at radius 3 is 2.65 bits per heavy atom. The molecule has 0 spiro atoms. The predicted octanol–water partition coefficient (Wildman–Crippen LogP) is 0.265. The number of aliphatic carboxylic acids is 1. The molecule has 0 aromatic rings. The molecule has 0 bridgehead atoms. The standard InChI is InChI=1S/C10H14N2O4S/c13-7-6-8(14)12(10(17)11-7)5-3-1-2-4-9(15)16/h1-6H2,(H,15,16)(H,11,13,17). The first kappa shape index (κ1) is 13.6. The first-order valence-electron chi connectivity index (χ1n) is 5.36. The lowest BCUT2D eigenvalue weighted by Gasteiger charge is -2.27. The highest BCUT2D eigenvalue weighted by Gasteiger charge is 2.27. The van der Waals surface area contributed by atoms with Gasteiger partial charge in [0.2, 0.25) is 11.8 Å². The van der Waals surface area contributed by atoms with E-state index in [9.17, 15) is 14.4 Å². The Morgan fingerprint density at radius 1 is 1.35 bits per heavy atom. The summed E-state index contributed by atoms with van der Waals surface area (Å²) < 4.78 is 0. The number of thiocarbonyl (C=S) groups is 1. The molecule has 0 saturated carbocycles. The Kier molecular flexibility index (Phi) is 5.02. The van der Waals surface area contributed by atoms with Crippen molar-refractivity contribution in [3.05, 3.63) is 0 Å². The number of rotatable bonds is 6. The zero-order valence-corrected chi connectivity index (χ0v) is 10.1. The quantitative estimate of drug-likeness (QED) is 0.405. The Bertz CT molecular complexity index is 336. The van der Waals surface area contributed by atoms with Gasteiger partial charge in [-0.3, -0.25) is 19.3 Å². The molecule has 0 aliphatic carbocycles. The van der Waals surface area contributed by atoms with Crippen LogP contribution in [0.3, 0.4) is 0 Å². The van der Waals surface area contributed by atoms with E-state index in [1.807, 2.05) is 0 Å². The molecule has 1 heterocycles. The average molecular weight is 258 g/mol. The summed E-state index contributed by atoms with van der Waals surface area (Å²) in [6, 6.07) is 0. The van der Waals surface area contributed by atoms with Gasteiger partial charge in [0.05, 0.1) is 0 Å². The molecule has 0 aromatic heterocycles. The molecule has 1 saturated heterocycles. The third-order valence-corrected chi connectivity index (χ3v) is 2.70. The van der Waals surface area contributed by atoms with E-state index in [-0.39, 0.29) is 29.8 Å². The molecule has 7 heteroatoms. The van der Waals surface area contributed by atoms with Crippen molar-refractivity contribution in [2.24, 2.45) is 0 Å². The Balaban J connectivity index is 2.26. The highest BCUT2D eigenvalue weighted by Crippen LogP contribution is 2.07. The van der Waals surface area contributed by atoms with Crippen LogP contribution >= 0.6 is 12.2 Å². The van der Waals surface area contributed by atoms with Crippen molar-refractivity contribution < 1.29 is 19.5 Å². The molecule has 94 valence electrons. The van der Waals surface area contributed by atoms with Crippen molar-refractivity contribution >= 4 is 35.1 Å². The minimum Gasteiger partial charge on any atom is -0.481 e. The molecule has 1 aliphatic rings. The molecule has 2 amide bonds. The van der Waals surface area contributed by atoms with Gasteiger partial charge in [0.1, 0.15) is 6.42 Å². The first-order valence-corrected chi connectivity index (χ1v) is 5.77. The summed E-state index contributed by atoms with van der Waals surface area (Å²) in [5.74, 6) is -1.49. The summed E-state index contributed by atoms with van der Waals surface area (Å²) in [6.45, 7) is 0.428. The molecule has 0 radical (unpaired) electrons. The maximum atomic E-state index is 11.5. The SMILES string of the molecule is O=C(O)CCCCCN1C(=O)CC(=O)NC1=S. The third-order valence-electron chi connectivity index (χ3n) is 2.38. The van der Waals surface area contributed by atoms with Gasteiger partial charge in [-0.15, -0.1) is 0 Å². The van der Waals surface area contributed by atoms with E-state index in [0.717, 1.165) is 0 Å². The number of unbranched alkanes of at least 4 members (excludes halogenated alkanes) is 2. The average Bonchev–Trinajstić information content (AvgIpc) is 2.20. The van der Waals surface area contributed by atoms with Crippen LogP contribution in [0.1, 0.15) is 32.1 Å². The topological polar surface area (TPSA) is 86.7 Å². The second kappa shape index (κ2) is 6.29. The zero-order valence-electron chi connectivity index (χ0n) is 9.27. The molecule has 17 heavy (non-hydrogen) atoms. The molecule has 0 atom stereocenters. The van der Waals surface area contributed by atoms with Gasteiger partial charge in [-0.1, -0.05) is 6.42 Å². The number of carbonyl (C=O) groups excluding carboxylic acids is 2. The van der Waals surface area contributed by atoms with Gasteiger partial charge in [0.15, 0.2) is 5.11 Å². The minimum absolute atomic E-state index is 0.134. The van der Waals surface area contributed by atoms with Crippen molar-refractivity contribution in [3.8, 4) is 0 Å². The Hall–Kier alpha value is -1.50. The van der Waals surface area contributed by atoms with E-state index in [1.165, 1.54) is 4.90 Å². The van der Waals surface area contributed by atoms with Crippen LogP contribution in [0, 0.1) is 0 Å². The van der Waals surface area contributed by atoms with Crippen molar-refractivity contribution in [1.82, 2.24) is 10.2 Å². The van der Waals surface area contributed by atoms with Crippen LogP contribution in [0.4, 0.5) is 0 Å². The fourth-order valence-corrected chi connectivity index (χ4v) is 1.83. The van der Waals surface area contributed by atoms with Gasteiger partial charge >= 0.3 is 5.97 Å². The third kappa shape index (κ3) is 4.48. The molecule has 2 N–H and O–H groups in total. The summed E-state index contributed by atoms with van der Waals surface area (Å²) in [7, 11) is 0. The predicted molar refractivity (Wildman–Crippen MR) is 63.2 cm³/mol. The number of carbonyl (C=O) groups is 3. The fraction of sp³-hybridized carbons (Fsp3) is 0.600. The number of amides is 2. The van der Waals surface area contributed by atoms with Crippen LogP contribution in [0.5, 0.6) is 0 Å². The lowest BCUT2D eigenvalue weighted by molar-refractivity contribution is -0.138. The molecule has 1 aliphatic heterocycles. The Labute approximate surface area is 104 Å². The summed E-state index contributed by atoms with van der Waals surface area (Å²) in [4.78, 5) is 34.1. The van der Waals surface area contributed by atoms with Crippen LogP contribution in [-0.4, -0.2) is 39.4 Å². The second-order valence-electron chi connectivity index (χ2n) is 3.78. The molecule has 1 fully saturated rings. The number of nitrogens with zero attached hydrogens (tertiary/aromatic N) is 1. The van der Waals surface area contributed by atoms with E-state index < -0.39 is 5.97 Å². The molecular weight excluding hydrogens is 244 g/mol. The van der Waals surface area contributed by atoms with Gasteiger partial charge in [0, 0.05) is 13.0 Å². The lowest BCUT2D eigenvalue weighted by Crippen LogP contribution is -2.52. The van der Waals surface area contributed by atoms with Crippen molar-refractivity contribution in [3.63, 3.8) is 0 Å². The van der Waals surface area contributed by atoms with E-state index >= 15 is 0 Å². The van der Waals surface area contributed by atoms with Crippen LogP contribution in [-0.2, 0) is 14.4 Å². The second-order valence-corrected chi connectivity index (χ2v) is 4.17.